The molecule has 0 spiro atoms. The highest BCUT2D eigenvalue weighted by Gasteiger charge is 2.37. The lowest BCUT2D eigenvalue weighted by atomic mass is 10.1. The zero-order valence-electron chi connectivity index (χ0n) is 19.0. The highest BCUT2D eigenvalue weighted by atomic mass is 32.2. The van der Waals surface area contributed by atoms with Crippen molar-refractivity contribution in [1.29, 1.82) is 0 Å². The monoisotopic (exact) mass is 466 g/mol. The quantitative estimate of drug-likeness (QED) is 0.609. The van der Waals surface area contributed by atoms with Gasteiger partial charge in [0.2, 0.25) is 0 Å². The fourth-order valence-electron chi connectivity index (χ4n) is 3.68. The van der Waals surface area contributed by atoms with E-state index in [0.717, 1.165) is 16.7 Å². The van der Waals surface area contributed by atoms with Crippen molar-refractivity contribution in [2.45, 2.75) is 31.8 Å². The molecule has 172 valence electrons. The smallest absolute Gasteiger partial charge is 0.267 e. The van der Waals surface area contributed by atoms with Crippen molar-refractivity contribution in [2.75, 3.05) is 23.3 Å². The van der Waals surface area contributed by atoms with Crippen LogP contribution in [0.4, 0.5) is 11.4 Å². The Labute approximate surface area is 194 Å². The number of sulfonamides is 1. The number of anilines is 2. The highest BCUT2D eigenvalue weighted by Crippen LogP contribution is 2.38. The summed E-state index contributed by atoms with van der Waals surface area (Å²) in [4.78, 5) is 13.2. The van der Waals surface area contributed by atoms with Crippen molar-refractivity contribution in [2.24, 2.45) is 0 Å². The van der Waals surface area contributed by atoms with Gasteiger partial charge in [0.25, 0.3) is 15.9 Å². The van der Waals surface area contributed by atoms with Gasteiger partial charge in [-0.25, -0.2) is 8.42 Å². The van der Waals surface area contributed by atoms with Crippen LogP contribution in [-0.2, 0) is 14.8 Å². The number of nitrogens with one attached hydrogen (secondary N) is 1. The summed E-state index contributed by atoms with van der Waals surface area (Å²) in [5, 5.41) is 2.89. The number of ether oxygens (including phenoxy) is 2. The largest absolute Gasteiger partial charge is 0.497 e. The van der Waals surface area contributed by atoms with Crippen LogP contribution in [0.2, 0.25) is 0 Å². The third kappa shape index (κ3) is 4.52. The molecule has 0 saturated carbocycles. The standard InChI is InChI=1S/C25H26N2O5S/c1-16-5-7-18(3)21(13-16)26-25(28)24-15-27(22-12-6-17(2)14-23(22)32-24)33(29,30)20-10-8-19(31-4)9-11-20/h5-14,24H,15H2,1-4H3,(H,26,28)/t24-/m0/s1. The molecular formula is C25H26N2O5S. The van der Waals surface area contributed by atoms with E-state index in [4.69, 9.17) is 9.47 Å². The number of hydrogen-bond acceptors (Lipinski definition) is 5. The Hall–Kier alpha value is -3.52. The van der Waals surface area contributed by atoms with Crippen LogP contribution in [0.3, 0.4) is 0 Å². The summed E-state index contributed by atoms with van der Waals surface area (Å²) < 4.78 is 39.5. The second-order valence-electron chi connectivity index (χ2n) is 8.10. The number of methoxy groups -OCH3 is 1. The summed E-state index contributed by atoms with van der Waals surface area (Å²) >= 11 is 0. The van der Waals surface area contributed by atoms with E-state index in [1.54, 1.807) is 24.3 Å². The van der Waals surface area contributed by atoms with Gasteiger partial charge in [-0.1, -0.05) is 18.2 Å². The second kappa shape index (κ2) is 8.78. The number of benzene rings is 3. The molecule has 1 N–H and O–H groups in total. The van der Waals surface area contributed by atoms with Gasteiger partial charge < -0.3 is 14.8 Å². The van der Waals surface area contributed by atoms with E-state index < -0.39 is 22.0 Å². The van der Waals surface area contributed by atoms with Crippen molar-refractivity contribution < 1.29 is 22.7 Å². The molecular weight excluding hydrogens is 440 g/mol. The molecule has 0 fully saturated rings. The Morgan fingerprint density at radius 2 is 1.67 bits per heavy atom. The average molecular weight is 467 g/mol. The van der Waals surface area contributed by atoms with E-state index in [0.29, 0.717) is 22.9 Å². The summed E-state index contributed by atoms with van der Waals surface area (Å²) in [5.41, 5.74) is 3.87. The van der Waals surface area contributed by atoms with Crippen molar-refractivity contribution in [3.8, 4) is 11.5 Å². The zero-order valence-corrected chi connectivity index (χ0v) is 19.8. The van der Waals surface area contributed by atoms with Crippen molar-refractivity contribution in [3.63, 3.8) is 0 Å². The number of aryl methyl sites for hydroxylation is 3. The Morgan fingerprint density at radius 1 is 1.00 bits per heavy atom. The Morgan fingerprint density at radius 3 is 2.36 bits per heavy atom. The minimum Gasteiger partial charge on any atom is -0.497 e. The molecule has 1 amide bonds. The first-order valence-electron chi connectivity index (χ1n) is 10.5. The van der Waals surface area contributed by atoms with E-state index in [1.807, 2.05) is 45.0 Å². The van der Waals surface area contributed by atoms with Crippen LogP contribution in [0, 0.1) is 20.8 Å². The van der Waals surface area contributed by atoms with Crippen LogP contribution in [0.25, 0.3) is 0 Å². The number of hydrogen-bond donors (Lipinski definition) is 1. The van der Waals surface area contributed by atoms with E-state index in [1.165, 1.54) is 23.5 Å². The number of amides is 1. The topological polar surface area (TPSA) is 84.9 Å². The Balaban J connectivity index is 1.70. The van der Waals surface area contributed by atoms with Gasteiger partial charge in [-0.05, 0) is 79.9 Å². The van der Waals surface area contributed by atoms with Crippen LogP contribution < -0.4 is 19.1 Å². The third-order valence-electron chi connectivity index (χ3n) is 5.58. The molecule has 33 heavy (non-hydrogen) atoms. The molecule has 1 aliphatic heterocycles. The van der Waals surface area contributed by atoms with Gasteiger partial charge >= 0.3 is 0 Å². The van der Waals surface area contributed by atoms with E-state index in [2.05, 4.69) is 5.32 Å². The van der Waals surface area contributed by atoms with Crippen LogP contribution in [-0.4, -0.2) is 34.1 Å². The van der Waals surface area contributed by atoms with Crippen LogP contribution in [0.1, 0.15) is 16.7 Å². The molecule has 3 aromatic carbocycles. The third-order valence-corrected chi connectivity index (χ3v) is 7.37. The zero-order chi connectivity index (χ0) is 23.8. The molecule has 4 rings (SSSR count). The number of carbonyl (C=O) groups is 1. The molecule has 1 atom stereocenters. The fourth-order valence-corrected chi connectivity index (χ4v) is 5.16. The molecule has 0 radical (unpaired) electrons. The summed E-state index contributed by atoms with van der Waals surface area (Å²) in [6.45, 7) is 5.57. The number of rotatable bonds is 5. The maximum Gasteiger partial charge on any atom is 0.267 e. The summed E-state index contributed by atoms with van der Waals surface area (Å²) in [6.07, 6.45) is -1.02. The number of fused-ring (bicyclic) bond motifs is 1. The van der Waals surface area contributed by atoms with E-state index in [-0.39, 0.29) is 11.4 Å². The Bertz CT molecular complexity index is 1300. The summed E-state index contributed by atoms with van der Waals surface area (Å²) in [7, 11) is -2.43. The first kappa shape index (κ1) is 22.7. The Kier molecular flexibility index (Phi) is 6.03. The number of nitrogens with zero attached hydrogens (tertiary/aromatic N) is 1. The van der Waals surface area contributed by atoms with Gasteiger partial charge in [0.05, 0.1) is 24.2 Å². The van der Waals surface area contributed by atoms with Gasteiger partial charge in [0.1, 0.15) is 11.5 Å². The minimum absolute atomic E-state index is 0.102. The molecule has 0 aliphatic carbocycles. The number of carbonyl (C=O) groups excluding carboxylic acids is 1. The van der Waals surface area contributed by atoms with Crippen LogP contribution in [0.15, 0.2) is 65.6 Å². The lowest BCUT2D eigenvalue weighted by molar-refractivity contribution is -0.122. The lowest BCUT2D eigenvalue weighted by Crippen LogP contribution is -2.48. The highest BCUT2D eigenvalue weighted by molar-refractivity contribution is 7.92. The molecule has 1 aliphatic rings. The van der Waals surface area contributed by atoms with Gasteiger partial charge in [0, 0.05) is 5.69 Å². The average Bonchev–Trinajstić information content (AvgIpc) is 2.80. The first-order valence-corrected chi connectivity index (χ1v) is 12.0. The lowest BCUT2D eigenvalue weighted by Gasteiger charge is -2.35. The van der Waals surface area contributed by atoms with Crippen LogP contribution >= 0.6 is 0 Å². The SMILES string of the molecule is COc1ccc(S(=O)(=O)N2C[C@@H](C(=O)Nc3cc(C)ccc3C)Oc3cc(C)ccc32)cc1. The first-order chi connectivity index (χ1) is 15.7. The normalized spacial score (nSPS) is 15.4. The maximum atomic E-state index is 13.6. The molecule has 8 heteroatoms. The van der Waals surface area contributed by atoms with Gasteiger partial charge in [-0.15, -0.1) is 0 Å². The van der Waals surface area contributed by atoms with Crippen molar-refractivity contribution in [1.82, 2.24) is 0 Å². The van der Waals surface area contributed by atoms with Gasteiger partial charge in [-0.2, -0.15) is 0 Å². The molecule has 0 aromatic heterocycles. The van der Waals surface area contributed by atoms with E-state index >= 15 is 0 Å². The van der Waals surface area contributed by atoms with Crippen LogP contribution in [0.5, 0.6) is 11.5 Å². The molecule has 0 bridgehead atoms. The predicted octanol–water partition coefficient (Wildman–Crippen LogP) is 4.22. The maximum absolute atomic E-state index is 13.6. The fraction of sp³-hybridized carbons (Fsp3) is 0.240. The molecule has 0 saturated heterocycles. The minimum atomic E-state index is -3.95. The van der Waals surface area contributed by atoms with Crippen molar-refractivity contribution in [3.05, 3.63) is 77.4 Å². The molecule has 3 aromatic rings. The van der Waals surface area contributed by atoms with Gasteiger partial charge in [-0.3, -0.25) is 9.10 Å². The molecule has 7 nitrogen and oxygen atoms in total. The van der Waals surface area contributed by atoms with Gasteiger partial charge in [0.15, 0.2) is 6.10 Å². The molecule has 0 unspecified atom stereocenters. The summed E-state index contributed by atoms with van der Waals surface area (Å²) in [5.74, 6) is 0.489. The second-order valence-corrected chi connectivity index (χ2v) is 9.96. The van der Waals surface area contributed by atoms with E-state index in [9.17, 15) is 13.2 Å². The summed E-state index contributed by atoms with van der Waals surface area (Å²) in [6, 6.07) is 17.2. The van der Waals surface area contributed by atoms with Crippen molar-refractivity contribution >= 4 is 27.3 Å². The predicted molar refractivity (Wildman–Crippen MR) is 128 cm³/mol. The molecule has 1 heterocycles.